The van der Waals surface area contributed by atoms with Crippen molar-refractivity contribution >= 4 is 11.9 Å². The van der Waals surface area contributed by atoms with Crippen molar-refractivity contribution in [1.82, 2.24) is 0 Å². The third kappa shape index (κ3) is 7.54. The van der Waals surface area contributed by atoms with Crippen molar-refractivity contribution in [3.63, 3.8) is 0 Å². The van der Waals surface area contributed by atoms with Gasteiger partial charge in [0.1, 0.15) is 17.0 Å². The minimum atomic E-state index is -1.47. The van der Waals surface area contributed by atoms with E-state index in [9.17, 15) is 19.7 Å². The van der Waals surface area contributed by atoms with E-state index in [0.29, 0.717) is 11.3 Å². The quantitative estimate of drug-likeness (QED) is 0.302. The van der Waals surface area contributed by atoms with Gasteiger partial charge in [-0.05, 0) is 59.2 Å². The molecule has 0 N–H and O–H groups in total. The molecule has 0 amide bonds. The normalized spacial score (nSPS) is 13.0. The van der Waals surface area contributed by atoms with Crippen LogP contribution in [0.15, 0.2) is 24.3 Å². The second kappa shape index (κ2) is 9.03. The summed E-state index contributed by atoms with van der Waals surface area (Å²) in [6.45, 7) is 9.33. The lowest BCUT2D eigenvalue weighted by Gasteiger charge is -2.29. The average molecular weight is 395 g/mol. The van der Waals surface area contributed by atoms with Crippen LogP contribution < -0.4 is 4.74 Å². The summed E-state index contributed by atoms with van der Waals surface area (Å²) >= 11 is 0. The number of carbonyl (C=O) groups is 2. The summed E-state index contributed by atoms with van der Waals surface area (Å²) in [5.41, 5.74) is -1.29. The maximum absolute atomic E-state index is 12.8. The summed E-state index contributed by atoms with van der Waals surface area (Å²) < 4.78 is 15.9. The highest BCUT2D eigenvalue weighted by Gasteiger charge is 2.43. The molecule has 0 spiro atoms. The minimum Gasteiger partial charge on any atom is -0.497 e. The average Bonchev–Trinajstić information content (AvgIpc) is 2.50. The Balaban J connectivity index is 3.40. The number of carbonyl (C=O) groups excluding carboxylic acids is 2. The van der Waals surface area contributed by atoms with E-state index in [0.717, 1.165) is 0 Å². The Hall–Kier alpha value is -2.64. The summed E-state index contributed by atoms with van der Waals surface area (Å²) in [4.78, 5) is 36.4. The fourth-order valence-electron chi connectivity index (χ4n) is 2.57. The van der Waals surface area contributed by atoms with E-state index in [1.165, 1.54) is 7.11 Å². The van der Waals surface area contributed by atoms with E-state index < -0.39 is 46.4 Å². The number of ether oxygens (including phenoxy) is 3. The van der Waals surface area contributed by atoms with Crippen LogP contribution in [0.1, 0.15) is 53.0 Å². The highest BCUT2D eigenvalue weighted by atomic mass is 16.6. The molecule has 0 aromatic heterocycles. The zero-order valence-electron chi connectivity index (χ0n) is 17.5. The molecule has 156 valence electrons. The number of rotatable bonds is 7. The van der Waals surface area contributed by atoms with Crippen molar-refractivity contribution in [1.29, 1.82) is 0 Å². The highest BCUT2D eigenvalue weighted by Crippen LogP contribution is 2.31. The molecule has 1 atom stereocenters. The van der Waals surface area contributed by atoms with Crippen LogP contribution in [0.25, 0.3) is 0 Å². The second-order valence-corrected chi connectivity index (χ2v) is 8.44. The molecule has 0 aliphatic heterocycles. The summed E-state index contributed by atoms with van der Waals surface area (Å²) in [7, 11) is 1.49. The molecule has 1 rings (SSSR count). The van der Waals surface area contributed by atoms with Crippen molar-refractivity contribution in [3.05, 3.63) is 39.9 Å². The van der Waals surface area contributed by atoms with Gasteiger partial charge in [0.15, 0.2) is 5.92 Å². The van der Waals surface area contributed by atoms with Gasteiger partial charge in [-0.25, -0.2) is 0 Å². The summed E-state index contributed by atoms with van der Waals surface area (Å²) in [5.74, 6) is -3.69. The Labute approximate surface area is 165 Å². The van der Waals surface area contributed by atoms with E-state index in [1.807, 2.05) is 0 Å². The Morgan fingerprint density at radius 2 is 1.39 bits per heavy atom. The molecule has 0 aliphatic carbocycles. The van der Waals surface area contributed by atoms with E-state index >= 15 is 0 Å². The van der Waals surface area contributed by atoms with E-state index in [1.54, 1.807) is 65.8 Å². The molecule has 0 radical (unpaired) electrons. The van der Waals surface area contributed by atoms with Crippen molar-refractivity contribution < 1.29 is 28.7 Å². The van der Waals surface area contributed by atoms with Crippen LogP contribution in [0.2, 0.25) is 0 Å². The molecule has 8 heteroatoms. The van der Waals surface area contributed by atoms with Crippen molar-refractivity contribution in [3.8, 4) is 5.75 Å². The zero-order chi connectivity index (χ0) is 21.7. The monoisotopic (exact) mass is 395 g/mol. The fourth-order valence-corrected chi connectivity index (χ4v) is 2.57. The first-order valence-corrected chi connectivity index (χ1v) is 8.95. The third-order valence-electron chi connectivity index (χ3n) is 3.61. The molecule has 1 aromatic rings. The Kier molecular flexibility index (Phi) is 7.55. The molecule has 0 fully saturated rings. The lowest BCUT2D eigenvalue weighted by molar-refractivity contribution is -0.484. The van der Waals surface area contributed by atoms with E-state index in [-0.39, 0.29) is 0 Å². The Morgan fingerprint density at radius 1 is 0.964 bits per heavy atom. The topological polar surface area (TPSA) is 105 Å². The van der Waals surface area contributed by atoms with Gasteiger partial charge in [0.25, 0.3) is 0 Å². The molecule has 0 unspecified atom stereocenters. The van der Waals surface area contributed by atoms with Gasteiger partial charge in [0, 0.05) is 4.92 Å². The van der Waals surface area contributed by atoms with Crippen LogP contribution in [0.4, 0.5) is 0 Å². The predicted octanol–water partition coefficient (Wildman–Crippen LogP) is 3.36. The Morgan fingerprint density at radius 3 is 1.71 bits per heavy atom. The lowest BCUT2D eigenvalue weighted by atomic mass is 9.85. The molecule has 0 aliphatic rings. The lowest BCUT2D eigenvalue weighted by Crippen LogP contribution is -2.41. The van der Waals surface area contributed by atoms with Gasteiger partial charge in [0.2, 0.25) is 6.54 Å². The SMILES string of the molecule is COc1ccc([C@@H](C[N+](=O)[O-])C(C(=O)OC(C)(C)C)C(=O)OC(C)(C)C)cc1. The first-order valence-electron chi connectivity index (χ1n) is 8.95. The predicted molar refractivity (Wildman–Crippen MR) is 103 cm³/mol. The molecule has 0 heterocycles. The standard InChI is InChI=1S/C20H29NO7/c1-19(2,3)27-17(22)16(18(23)28-20(4,5)6)15(12-21(24)25)13-8-10-14(26-7)11-9-13/h8-11,15-16H,12H2,1-7H3/t15-/m1/s1. The van der Waals surface area contributed by atoms with Gasteiger partial charge < -0.3 is 14.2 Å². The van der Waals surface area contributed by atoms with Gasteiger partial charge >= 0.3 is 11.9 Å². The molecule has 0 saturated heterocycles. The van der Waals surface area contributed by atoms with E-state index in [4.69, 9.17) is 14.2 Å². The van der Waals surface area contributed by atoms with Crippen LogP contribution in [0, 0.1) is 16.0 Å². The Bertz CT molecular complexity index is 671. The molecular weight excluding hydrogens is 366 g/mol. The van der Waals surface area contributed by atoms with Gasteiger partial charge in [-0.1, -0.05) is 12.1 Å². The van der Waals surface area contributed by atoms with Crippen molar-refractivity contribution in [2.45, 2.75) is 58.7 Å². The molecule has 1 aromatic carbocycles. The number of hydrogen-bond donors (Lipinski definition) is 0. The zero-order valence-corrected chi connectivity index (χ0v) is 17.5. The number of nitro groups is 1. The molecular formula is C20H29NO7. The highest BCUT2D eigenvalue weighted by molar-refractivity contribution is 5.96. The minimum absolute atomic E-state index is 0.444. The molecule has 0 saturated carbocycles. The van der Waals surface area contributed by atoms with Crippen LogP contribution in [-0.2, 0) is 19.1 Å². The molecule has 0 bridgehead atoms. The number of benzene rings is 1. The van der Waals surface area contributed by atoms with Gasteiger partial charge in [-0.3, -0.25) is 19.7 Å². The largest absolute Gasteiger partial charge is 0.497 e. The van der Waals surface area contributed by atoms with Crippen LogP contribution in [-0.4, -0.2) is 41.7 Å². The summed E-state index contributed by atoms with van der Waals surface area (Å²) in [6, 6.07) is 6.41. The van der Waals surface area contributed by atoms with Gasteiger partial charge in [0.05, 0.1) is 13.0 Å². The molecule has 8 nitrogen and oxygen atoms in total. The van der Waals surface area contributed by atoms with E-state index in [2.05, 4.69) is 0 Å². The van der Waals surface area contributed by atoms with Gasteiger partial charge in [-0.2, -0.15) is 0 Å². The van der Waals surface area contributed by atoms with Gasteiger partial charge in [-0.15, -0.1) is 0 Å². The fraction of sp³-hybridized carbons (Fsp3) is 0.600. The number of esters is 2. The first kappa shape index (κ1) is 23.4. The first-order chi connectivity index (χ1) is 12.7. The van der Waals surface area contributed by atoms with Crippen LogP contribution in [0.3, 0.4) is 0 Å². The summed E-state index contributed by atoms with van der Waals surface area (Å²) in [5, 5.41) is 11.3. The molecule has 28 heavy (non-hydrogen) atoms. The van der Waals surface area contributed by atoms with Crippen LogP contribution >= 0.6 is 0 Å². The third-order valence-corrected chi connectivity index (χ3v) is 3.61. The summed E-state index contributed by atoms with van der Waals surface area (Å²) in [6.07, 6.45) is 0. The number of nitrogens with zero attached hydrogens (tertiary/aromatic N) is 1. The van der Waals surface area contributed by atoms with Crippen molar-refractivity contribution in [2.24, 2.45) is 5.92 Å². The maximum Gasteiger partial charge on any atom is 0.321 e. The maximum atomic E-state index is 12.8. The number of hydrogen-bond acceptors (Lipinski definition) is 7. The smallest absolute Gasteiger partial charge is 0.321 e. The van der Waals surface area contributed by atoms with Crippen LogP contribution in [0.5, 0.6) is 5.75 Å². The van der Waals surface area contributed by atoms with Crippen molar-refractivity contribution in [2.75, 3.05) is 13.7 Å². The number of methoxy groups -OCH3 is 1. The second-order valence-electron chi connectivity index (χ2n) is 8.44.